The van der Waals surface area contributed by atoms with Crippen LogP contribution >= 0.6 is 0 Å². The monoisotopic (exact) mass is 319 g/mol. The fraction of sp³-hybridized carbons (Fsp3) is 0.529. The van der Waals surface area contributed by atoms with Crippen molar-refractivity contribution in [3.63, 3.8) is 0 Å². The summed E-state index contributed by atoms with van der Waals surface area (Å²) in [6.07, 6.45) is 0.546. The van der Waals surface area contributed by atoms with Gasteiger partial charge in [0.1, 0.15) is 0 Å². The van der Waals surface area contributed by atoms with Crippen LogP contribution in [0.25, 0.3) is 0 Å². The molecule has 2 amide bonds. The van der Waals surface area contributed by atoms with Crippen molar-refractivity contribution in [3.05, 3.63) is 29.3 Å². The number of carboxylic acid groups (broad SMARTS) is 1. The molecule has 1 aliphatic heterocycles. The maximum Gasteiger partial charge on any atom is 0.317 e. The average Bonchev–Trinajstić information content (AvgIpc) is 2.53. The summed E-state index contributed by atoms with van der Waals surface area (Å²) < 4.78 is 0. The molecule has 1 saturated heterocycles. The Morgan fingerprint density at radius 2 is 1.87 bits per heavy atom. The van der Waals surface area contributed by atoms with Gasteiger partial charge in [0.25, 0.3) is 0 Å². The third-order valence-corrected chi connectivity index (χ3v) is 4.12. The SMILES string of the molecule is Cc1ccc(C)c(N2CCN(C(=O)NCCCC(=O)O)CC2)c1. The number of hydrogen-bond donors (Lipinski definition) is 2. The number of benzene rings is 1. The lowest BCUT2D eigenvalue weighted by Crippen LogP contribution is -2.52. The normalized spacial score (nSPS) is 14.7. The molecule has 1 aliphatic rings. The van der Waals surface area contributed by atoms with Gasteiger partial charge in [0.05, 0.1) is 0 Å². The number of amides is 2. The van der Waals surface area contributed by atoms with Crippen molar-refractivity contribution in [1.29, 1.82) is 0 Å². The molecule has 126 valence electrons. The third kappa shape index (κ3) is 4.87. The summed E-state index contributed by atoms with van der Waals surface area (Å²) >= 11 is 0. The molecule has 1 aromatic carbocycles. The number of carboxylic acids is 1. The quantitative estimate of drug-likeness (QED) is 0.814. The number of aliphatic carboxylic acids is 1. The molecule has 0 aromatic heterocycles. The second kappa shape index (κ2) is 7.85. The van der Waals surface area contributed by atoms with Crippen LogP contribution in [-0.2, 0) is 4.79 Å². The van der Waals surface area contributed by atoms with E-state index in [9.17, 15) is 9.59 Å². The Bertz CT molecular complexity index is 566. The van der Waals surface area contributed by atoms with Crippen LogP contribution in [0.2, 0.25) is 0 Å². The van der Waals surface area contributed by atoms with Gasteiger partial charge in [0, 0.05) is 44.8 Å². The number of rotatable bonds is 5. The Balaban J connectivity index is 1.80. The Kier molecular flexibility index (Phi) is 5.84. The van der Waals surface area contributed by atoms with Gasteiger partial charge in [-0.1, -0.05) is 12.1 Å². The molecule has 1 heterocycles. The minimum absolute atomic E-state index is 0.0840. The highest BCUT2D eigenvalue weighted by Gasteiger charge is 2.21. The number of hydrogen-bond acceptors (Lipinski definition) is 3. The van der Waals surface area contributed by atoms with Gasteiger partial charge in [-0.3, -0.25) is 4.79 Å². The topological polar surface area (TPSA) is 72.9 Å². The Morgan fingerprint density at radius 1 is 1.17 bits per heavy atom. The summed E-state index contributed by atoms with van der Waals surface area (Å²) in [6.45, 7) is 7.58. The smallest absolute Gasteiger partial charge is 0.317 e. The Hall–Kier alpha value is -2.24. The summed E-state index contributed by atoms with van der Waals surface area (Å²) in [5.74, 6) is -0.832. The van der Waals surface area contributed by atoms with E-state index in [0.29, 0.717) is 26.1 Å². The first-order valence-corrected chi connectivity index (χ1v) is 8.04. The molecule has 0 atom stereocenters. The van der Waals surface area contributed by atoms with E-state index in [1.54, 1.807) is 4.90 Å². The van der Waals surface area contributed by atoms with E-state index < -0.39 is 5.97 Å². The number of piperazine rings is 1. The maximum atomic E-state index is 12.1. The standard InChI is InChI=1S/C17H25N3O3/c1-13-5-6-14(2)15(12-13)19-8-10-20(11-9-19)17(23)18-7-3-4-16(21)22/h5-6,12H,3-4,7-11H2,1-2H3,(H,18,23)(H,21,22). The summed E-state index contributed by atoms with van der Waals surface area (Å²) in [7, 11) is 0. The molecule has 2 N–H and O–H groups in total. The highest BCUT2D eigenvalue weighted by Crippen LogP contribution is 2.22. The number of carbonyl (C=O) groups excluding carboxylic acids is 1. The molecule has 2 rings (SSSR count). The van der Waals surface area contributed by atoms with Crippen molar-refractivity contribution in [2.24, 2.45) is 0 Å². The molecule has 6 heteroatoms. The van der Waals surface area contributed by atoms with Gasteiger partial charge in [0.2, 0.25) is 0 Å². The second-order valence-electron chi connectivity index (χ2n) is 5.99. The number of nitrogens with zero attached hydrogens (tertiary/aromatic N) is 2. The van der Waals surface area contributed by atoms with Crippen molar-refractivity contribution < 1.29 is 14.7 Å². The fourth-order valence-corrected chi connectivity index (χ4v) is 2.76. The van der Waals surface area contributed by atoms with Crippen LogP contribution in [0.15, 0.2) is 18.2 Å². The summed E-state index contributed by atoms with van der Waals surface area (Å²) in [5, 5.41) is 11.4. The van der Waals surface area contributed by atoms with E-state index in [4.69, 9.17) is 5.11 Å². The highest BCUT2D eigenvalue weighted by molar-refractivity contribution is 5.74. The van der Waals surface area contributed by atoms with Crippen molar-refractivity contribution >= 4 is 17.7 Å². The van der Waals surface area contributed by atoms with E-state index >= 15 is 0 Å². The van der Waals surface area contributed by atoms with Gasteiger partial charge in [-0.15, -0.1) is 0 Å². The maximum absolute atomic E-state index is 12.1. The summed E-state index contributed by atoms with van der Waals surface area (Å²) in [5.41, 5.74) is 3.73. The number of anilines is 1. The van der Waals surface area contributed by atoms with Gasteiger partial charge in [-0.2, -0.15) is 0 Å². The average molecular weight is 319 g/mol. The van der Waals surface area contributed by atoms with Gasteiger partial charge in [0.15, 0.2) is 0 Å². The van der Waals surface area contributed by atoms with Crippen molar-refractivity contribution in [2.45, 2.75) is 26.7 Å². The first-order chi connectivity index (χ1) is 11.0. The molecular weight excluding hydrogens is 294 g/mol. The molecule has 0 spiro atoms. The van der Waals surface area contributed by atoms with E-state index in [-0.39, 0.29) is 12.5 Å². The molecular formula is C17H25N3O3. The number of carbonyl (C=O) groups is 2. The van der Waals surface area contributed by atoms with Crippen molar-refractivity contribution in [3.8, 4) is 0 Å². The highest BCUT2D eigenvalue weighted by atomic mass is 16.4. The molecule has 0 radical (unpaired) electrons. The molecule has 23 heavy (non-hydrogen) atoms. The molecule has 0 bridgehead atoms. The van der Waals surface area contributed by atoms with Gasteiger partial charge < -0.3 is 20.2 Å². The lowest BCUT2D eigenvalue weighted by Gasteiger charge is -2.37. The second-order valence-corrected chi connectivity index (χ2v) is 5.99. The van der Waals surface area contributed by atoms with E-state index in [0.717, 1.165) is 13.1 Å². The third-order valence-electron chi connectivity index (χ3n) is 4.12. The molecule has 0 unspecified atom stereocenters. The first-order valence-electron chi connectivity index (χ1n) is 8.04. The van der Waals surface area contributed by atoms with Gasteiger partial charge in [-0.05, 0) is 37.5 Å². The van der Waals surface area contributed by atoms with Crippen molar-refractivity contribution in [1.82, 2.24) is 10.2 Å². The van der Waals surface area contributed by atoms with Gasteiger partial charge >= 0.3 is 12.0 Å². The van der Waals surface area contributed by atoms with Crippen LogP contribution < -0.4 is 10.2 Å². The summed E-state index contributed by atoms with van der Waals surface area (Å²) in [6, 6.07) is 6.33. The number of nitrogens with one attached hydrogen (secondary N) is 1. The zero-order valence-electron chi connectivity index (χ0n) is 13.8. The molecule has 1 aromatic rings. The van der Waals surface area contributed by atoms with Crippen LogP contribution in [0.1, 0.15) is 24.0 Å². The van der Waals surface area contributed by atoms with Crippen molar-refractivity contribution in [2.75, 3.05) is 37.6 Å². The van der Waals surface area contributed by atoms with Crippen LogP contribution in [-0.4, -0.2) is 54.7 Å². The van der Waals surface area contributed by atoms with Crippen LogP contribution in [0.4, 0.5) is 10.5 Å². The molecule has 0 aliphatic carbocycles. The van der Waals surface area contributed by atoms with E-state index in [1.165, 1.54) is 16.8 Å². The van der Waals surface area contributed by atoms with E-state index in [2.05, 4.69) is 42.3 Å². The van der Waals surface area contributed by atoms with Crippen LogP contribution in [0.3, 0.4) is 0 Å². The number of aryl methyl sites for hydroxylation is 2. The zero-order chi connectivity index (χ0) is 16.8. The largest absolute Gasteiger partial charge is 0.481 e. The lowest BCUT2D eigenvalue weighted by molar-refractivity contribution is -0.137. The Labute approximate surface area is 137 Å². The summed E-state index contributed by atoms with van der Waals surface area (Å²) in [4.78, 5) is 26.6. The van der Waals surface area contributed by atoms with E-state index in [1.807, 2.05) is 0 Å². The minimum atomic E-state index is -0.832. The predicted molar refractivity (Wildman–Crippen MR) is 90.0 cm³/mol. The van der Waals surface area contributed by atoms with Crippen LogP contribution in [0, 0.1) is 13.8 Å². The van der Waals surface area contributed by atoms with Gasteiger partial charge in [-0.25, -0.2) is 4.79 Å². The molecule has 0 saturated carbocycles. The lowest BCUT2D eigenvalue weighted by atomic mass is 10.1. The van der Waals surface area contributed by atoms with Crippen LogP contribution in [0.5, 0.6) is 0 Å². The molecule has 6 nitrogen and oxygen atoms in total. The Morgan fingerprint density at radius 3 is 2.52 bits per heavy atom. The minimum Gasteiger partial charge on any atom is -0.481 e. The predicted octanol–water partition coefficient (Wildman–Crippen LogP) is 2.00. The fourth-order valence-electron chi connectivity index (χ4n) is 2.76. The first kappa shape index (κ1) is 17.1. The molecule has 1 fully saturated rings. The number of urea groups is 1. The zero-order valence-corrected chi connectivity index (χ0v) is 13.8.